The Morgan fingerprint density at radius 3 is 2.69 bits per heavy atom. The van der Waals surface area contributed by atoms with Crippen molar-refractivity contribution in [3.63, 3.8) is 0 Å². The predicted molar refractivity (Wildman–Crippen MR) is 157 cm³/mol. The van der Waals surface area contributed by atoms with Crippen molar-refractivity contribution in [2.75, 3.05) is 26.3 Å². The van der Waals surface area contributed by atoms with Gasteiger partial charge in [-0.1, -0.05) is 0 Å². The molecule has 0 unspecified atom stereocenters. The van der Waals surface area contributed by atoms with E-state index in [4.69, 9.17) is 9.47 Å². The largest absolute Gasteiger partial charge is 0.474 e. The number of halogens is 3. The summed E-state index contributed by atoms with van der Waals surface area (Å²) < 4.78 is 54.1. The highest BCUT2D eigenvalue weighted by Gasteiger charge is 2.48. The number of rotatable bonds is 9. The zero-order valence-corrected chi connectivity index (χ0v) is 24.8. The van der Waals surface area contributed by atoms with Crippen LogP contribution in [0.15, 0.2) is 43.1 Å². The van der Waals surface area contributed by atoms with E-state index in [9.17, 15) is 18.4 Å². The fourth-order valence-corrected chi connectivity index (χ4v) is 6.65. The molecule has 1 aliphatic carbocycles. The van der Waals surface area contributed by atoms with Gasteiger partial charge in [0.25, 0.3) is 0 Å². The van der Waals surface area contributed by atoms with Crippen molar-refractivity contribution in [1.29, 1.82) is 5.26 Å². The number of pyridine rings is 1. The van der Waals surface area contributed by atoms with Gasteiger partial charge in [0.1, 0.15) is 29.3 Å². The molecule has 236 valence electrons. The molecule has 0 spiro atoms. The van der Waals surface area contributed by atoms with Crippen LogP contribution in [0.1, 0.15) is 50.3 Å². The second-order valence-electron chi connectivity index (χ2n) is 12.8. The second kappa shape index (κ2) is 11.4. The summed E-state index contributed by atoms with van der Waals surface area (Å²) in [6.07, 6.45) is 5.74. The molecule has 14 heteroatoms. The Morgan fingerprint density at radius 1 is 1.18 bits per heavy atom. The Bertz CT molecular complexity index is 1710. The van der Waals surface area contributed by atoms with Gasteiger partial charge in [-0.2, -0.15) is 23.5 Å². The highest BCUT2D eigenvalue weighted by atomic mass is 19.4. The van der Waals surface area contributed by atoms with Crippen LogP contribution >= 0.6 is 0 Å². The van der Waals surface area contributed by atoms with Crippen molar-refractivity contribution in [2.24, 2.45) is 0 Å². The Morgan fingerprint density at radius 2 is 1.98 bits per heavy atom. The number of nitriles is 1. The Hall–Kier alpha value is -4.06. The first-order valence-electron chi connectivity index (χ1n) is 15.2. The molecule has 0 radical (unpaired) electrons. The molecule has 3 fully saturated rings. The molecule has 2 saturated heterocycles. The molecule has 1 saturated carbocycles. The van der Waals surface area contributed by atoms with Gasteiger partial charge in [-0.3, -0.25) is 9.58 Å². The quantitative estimate of drug-likeness (QED) is 0.279. The van der Waals surface area contributed by atoms with E-state index in [1.807, 2.05) is 30.1 Å². The number of aromatic nitrogens is 6. The molecule has 45 heavy (non-hydrogen) atoms. The highest BCUT2D eigenvalue weighted by Crippen LogP contribution is 2.39. The van der Waals surface area contributed by atoms with E-state index < -0.39 is 17.4 Å². The van der Waals surface area contributed by atoms with E-state index >= 15 is 0 Å². The lowest BCUT2D eigenvalue weighted by Crippen LogP contribution is -2.65. The van der Waals surface area contributed by atoms with Crippen LogP contribution < -0.4 is 10.1 Å². The summed E-state index contributed by atoms with van der Waals surface area (Å²) in [6, 6.07) is 7.26. The first-order valence-corrected chi connectivity index (χ1v) is 15.2. The number of hydrogen-bond donors (Lipinski definition) is 2. The highest BCUT2D eigenvalue weighted by molar-refractivity contribution is 5.90. The molecule has 2 aliphatic heterocycles. The van der Waals surface area contributed by atoms with Crippen LogP contribution in [0.3, 0.4) is 0 Å². The van der Waals surface area contributed by atoms with Crippen LogP contribution in [-0.2, 0) is 23.0 Å². The number of likely N-dealkylation sites (tertiary alicyclic amines) is 1. The van der Waals surface area contributed by atoms with E-state index in [2.05, 4.69) is 41.3 Å². The maximum Gasteiger partial charge on any atom is 0.433 e. The number of aromatic amines is 1. The zero-order valence-electron chi connectivity index (χ0n) is 24.8. The lowest BCUT2D eigenvalue weighted by Gasteiger charge is -2.53. The lowest BCUT2D eigenvalue weighted by atomic mass is 9.82. The fraction of sp³-hybridized carbons (Fsp3) is 0.516. The minimum Gasteiger partial charge on any atom is -0.474 e. The predicted octanol–water partition coefficient (Wildman–Crippen LogP) is 4.43. The average Bonchev–Trinajstić information content (AvgIpc) is 3.67. The van der Waals surface area contributed by atoms with Gasteiger partial charge in [0.05, 0.1) is 43.1 Å². The van der Waals surface area contributed by atoms with Crippen LogP contribution in [0.25, 0.3) is 22.3 Å². The summed E-state index contributed by atoms with van der Waals surface area (Å²) in [4.78, 5) is 18.0. The summed E-state index contributed by atoms with van der Waals surface area (Å²) >= 11 is 0. The minimum absolute atomic E-state index is 0.00663. The third-order valence-electron chi connectivity index (χ3n) is 9.26. The molecular weight excluding hydrogens is 587 g/mol. The normalized spacial score (nSPS) is 22.8. The molecule has 0 bridgehead atoms. The van der Waals surface area contributed by atoms with Crippen molar-refractivity contribution < 1.29 is 22.6 Å². The van der Waals surface area contributed by atoms with E-state index in [1.165, 1.54) is 6.33 Å². The van der Waals surface area contributed by atoms with E-state index in [1.54, 1.807) is 12.3 Å². The van der Waals surface area contributed by atoms with E-state index in [0.717, 1.165) is 41.2 Å². The van der Waals surface area contributed by atoms with Gasteiger partial charge >= 0.3 is 6.18 Å². The van der Waals surface area contributed by atoms with Gasteiger partial charge < -0.3 is 19.8 Å². The van der Waals surface area contributed by atoms with Gasteiger partial charge in [-0.25, -0.2) is 15.0 Å². The first-order chi connectivity index (χ1) is 21.6. The summed E-state index contributed by atoms with van der Waals surface area (Å²) in [5.74, 6) is 0.00663. The maximum absolute atomic E-state index is 13.6. The smallest absolute Gasteiger partial charge is 0.433 e. The molecule has 7 rings (SSSR count). The molecule has 6 heterocycles. The minimum atomic E-state index is -4.57. The molecule has 4 aromatic rings. The first kappa shape index (κ1) is 29.6. The molecule has 4 aromatic heterocycles. The fourth-order valence-electron chi connectivity index (χ4n) is 6.65. The number of nitrogens with one attached hydrogen (secondary N) is 2. The van der Waals surface area contributed by atoms with E-state index in [0.29, 0.717) is 57.2 Å². The summed E-state index contributed by atoms with van der Waals surface area (Å²) in [6.45, 7) is 4.67. The van der Waals surface area contributed by atoms with Crippen LogP contribution in [0.2, 0.25) is 0 Å². The van der Waals surface area contributed by atoms with Gasteiger partial charge in [0.15, 0.2) is 0 Å². The molecule has 2 N–H and O–H groups in total. The number of alkyl halides is 3. The van der Waals surface area contributed by atoms with Crippen LogP contribution in [0.5, 0.6) is 5.88 Å². The summed E-state index contributed by atoms with van der Waals surface area (Å²) in [5.41, 5.74) is 1.26. The molecular formula is C31H34F3N9O2. The third kappa shape index (κ3) is 5.87. The van der Waals surface area contributed by atoms with Crippen molar-refractivity contribution in [2.45, 2.75) is 75.0 Å². The average molecular weight is 622 g/mol. The number of ether oxygens (including phenoxy) is 2. The van der Waals surface area contributed by atoms with E-state index in [-0.39, 0.29) is 24.1 Å². The van der Waals surface area contributed by atoms with Gasteiger partial charge in [-0.15, -0.1) is 0 Å². The molecule has 0 amide bonds. The molecule has 3 aliphatic rings. The number of H-pyrrole nitrogens is 1. The van der Waals surface area contributed by atoms with Gasteiger partial charge in [0, 0.05) is 55.1 Å². The third-order valence-corrected chi connectivity index (χ3v) is 9.26. The second-order valence-corrected chi connectivity index (χ2v) is 12.8. The van der Waals surface area contributed by atoms with Gasteiger partial charge in [-0.05, 0) is 50.3 Å². The zero-order chi connectivity index (χ0) is 31.2. The number of hydrogen-bond acceptors (Lipinski definition) is 9. The Labute approximate surface area is 257 Å². The Balaban J connectivity index is 0.977. The molecule has 0 aromatic carbocycles. The maximum atomic E-state index is 13.6. The van der Waals surface area contributed by atoms with Crippen molar-refractivity contribution in [3.8, 4) is 23.2 Å². The summed E-state index contributed by atoms with van der Waals surface area (Å²) in [5, 5.41) is 18.5. The monoisotopic (exact) mass is 621 g/mol. The van der Waals surface area contributed by atoms with Crippen molar-refractivity contribution >= 4 is 11.0 Å². The SMILES string of the molecule is CC1(NCc2cc(OC3CCC(N4CC(CC#N)(n5cc(-c6ncnc7[nH]ccc67)cn5)C4)CC3)nc(C(F)(F)F)c2)COC1. The van der Waals surface area contributed by atoms with Crippen molar-refractivity contribution in [1.82, 2.24) is 39.9 Å². The van der Waals surface area contributed by atoms with Crippen LogP contribution in [0.4, 0.5) is 13.2 Å². The molecule has 0 atom stereocenters. The lowest BCUT2D eigenvalue weighted by molar-refractivity contribution is -0.141. The standard InChI is InChI=1S/C31H34F3N9O2/c1-29(17-44-18-29)39-12-20-10-25(31(32,33)34)41-26(11-20)45-23-4-2-22(3-5-23)42-15-30(16-42,7-8-35)43-14-21(13-40-43)27-24-6-9-36-28(24)38-19-37-27/h6,9-11,13-14,19,22-23,39H,2-5,7,12,15-18H2,1H3,(H,36,37,38). The number of fused-ring (bicyclic) bond motifs is 1. The number of nitrogens with zero attached hydrogens (tertiary/aromatic N) is 7. The Kier molecular flexibility index (Phi) is 7.50. The summed E-state index contributed by atoms with van der Waals surface area (Å²) in [7, 11) is 0. The van der Waals surface area contributed by atoms with Crippen molar-refractivity contribution in [3.05, 3.63) is 54.4 Å². The van der Waals surface area contributed by atoms with Crippen LogP contribution in [-0.4, -0.2) is 78.6 Å². The topological polar surface area (TPSA) is 130 Å². The van der Waals surface area contributed by atoms with Gasteiger partial charge in [0.2, 0.25) is 5.88 Å². The van der Waals surface area contributed by atoms with Crippen LogP contribution in [0, 0.1) is 11.3 Å². The molecule has 11 nitrogen and oxygen atoms in total.